The van der Waals surface area contributed by atoms with Gasteiger partial charge in [-0.3, -0.25) is 35.2 Å². The molecule has 4 aromatic rings. The van der Waals surface area contributed by atoms with Crippen molar-refractivity contribution in [2.24, 2.45) is 15.0 Å². The lowest BCUT2D eigenvalue weighted by Gasteiger charge is -2.20. The van der Waals surface area contributed by atoms with Crippen molar-refractivity contribution in [1.82, 2.24) is 4.90 Å². The minimum Gasteiger partial charge on any atom is -0.350 e. The van der Waals surface area contributed by atoms with Crippen molar-refractivity contribution < 1.29 is 9.85 Å². The Labute approximate surface area is 230 Å². The highest BCUT2D eigenvalue weighted by Crippen LogP contribution is 2.21. The Bertz CT molecular complexity index is 1630. The van der Waals surface area contributed by atoms with Crippen LogP contribution in [0.4, 0.5) is 22.7 Å². The average Bonchev–Trinajstić information content (AvgIpc) is 3.44. The van der Waals surface area contributed by atoms with Gasteiger partial charge in [-0.2, -0.15) is 0 Å². The molecule has 0 saturated heterocycles. The number of aliphatic imine (C=N–C) groups is 3. The molecule has 0 fully saturated rings. The van der Waals surface area contributed by atoms with Gasteiger partial charge in [0.05, 0.1) is 27.8 Å². The molecule has 0 amide bonds. The molecule has 0 N–H and O–H groups in total. The first kappa shape index (κ1) is 26.1. The summed E-state index contributed by atoms with van der Waals surface area (Å²) in [5.74, 6) is 0.919. The van der Waals surface area contributed by atoms with E-state index in [9.17, 15) is 20.2 Å². The van der Waals surface area contributed by atoms with E-state index in [0.29, 0.717) is 24.2 Å². The zero-order valence-electron chi connectivity index (χ0n) is 21.3. The summed E-state index contributed by atoms with van der Waals surface area (Å²) in [4.78, 5) is 36.9. The first-order valence-electron chi connectivity index (χ1n) is 12.5. The van der Waals surface area contributed by atoms with Gasteiger partial charge in [-0.25, -0.2) is 0 Å². The molecule has 0 aliphatic carbocycles. The van der Waals surface area contributed by atoms with Gasteiger partial charge in [0.25, 0.3) is 11.4 Å². The summed E-state index contributed by atoms with van der Waals surface area (Å²) in [6.45, 7) is 2.22. The van der Waals surface area contributed by atoms with E-state index >= 15 is 0 Å². The summed E-state index contributed by atoms with van der Waals surface area (Å²) in [5, 5.41) is 21.9. The van der Waals surface area contributed by atoms with E-state index in [0.717, 1.165) is 34.9 Å². The van der Waals surface area contributed by atoms with Gasteiger partial charge in [-0.1, -0.05) is 36.4 Å². The number of benzene rings is 4. The van der Waals surface area contributed by atoms with Gasteiger partial charge in [0.2, 0.25) is 0 Å². The van der Waals surface area contributed by atoms with E-state index in [2.05, 4.69) is 14.9 Å². The zero-order valence-corrected chi connectivity index (χ0v) is 21.3. The number of nitro groups is 2. The normalized spacial score (nSPS) is 13.2. The van der Waals surface area contributed by atoms with Gasteiger partial charge in [-0.05, 0) is 53.1 Å². The first-order valence-corrected chi connectivity index (χ1v) is 12.5. The van der Waals surface area contributed by atoms with Crippen molar-refractivity contribution in [3.63, 3.8) is 0 Å². The summed E-state index contributed by atoms with van der Waals surface area (Å²) in [7, 11) is 0. The molecule has 198 valence electrons. The van der Waals surface area contributed by atoms with Crippen LogP contribution in [0.25, 0.3) is 0 Å². The van der Waals surface area contributed by atoms with Crippen LogP contribution < -0.4 is 0 Å². The lowest BCUT2D eigenvalue weighted by atomic mass is 10.1. The fourth-order valence-electron chi connectivity index (χ4n) is 4.25. The Hall–Kier alpha value is -5.51. The molecule has 0 atom stereocenters. The number of nitro benzene ring substituents is 2. The second kappa shape index (κ2) is 11.9. The third-order valence-electron chi connectivity index (χ3n) is 6.25. The smallest absolute Gasteiger partial charge is 0.270 e. The summed E-state index contributed by atoms with van der Waals surface area (Å²) in [5.41, 5.74) is 4.98. The average molecular weight is 533 g/mol. The van der Waals surface area contributed by atoms with Crippen molar-refractivity contribution in [2.75, 3.05) is 13.1 Å². The van der Waals surface area contributed by atoms with Gasteiger partial charge in [0.1, 0.15) is 5.84 Å². The van der Waals surface area contributed by atoms with E-state index in [-0.39, 0.29) is 11.4 Å². The Balaban J connectivity index is 1.21. The molecule has 0 bridgehead atoms. The summed E-state index contributed by atoms with van der Waals surface area (Å²) in [6.07, 6.45) is 3.23. The molecule has 10 heteroatoms. The van der Waals surface area contributed by atoms with E-state index in [4.69, 9.17) is 4.99 Å². The molecule has 1 aliphatic rings. The molecule has 0 unspecified atom stereocenters. The molecule has 0 aromatic heterocycles. The van der Waals surface area contributed by atoms with Gasteiger partial charge in [0, 0.05) is 55.3 Å². The Morgan fingerprint density at radius 1 is 0.750 bits per heavy atom. The van der Waals surface area contributed by atoms with Gasteiger partial charge in [0.15, 0.2) is 0 Å². The van der Waals surface area contributed by atoms with E-state index in [1.807, 2.05) is 48.5 Å². The predicted octanol–water partition coefficient (Wildman–Crippen LogP) is 6.27. The summed E-state index contributed by atoms with van der Waals surface area (Å²) < 4.78 is 0. The Kier molecular flexibility index (Phi) is 7.77. The van der Waals surface area contributed by atoms with E-state index in [1.54, 1.807) is 36.7 Å². The molecular formula is C30H24N6O4. The second-order valence-electron chi connectivity index (χ2n) is 9.06. The second-order valence-corrected chi connectivity index (χ2v) is 9.06. The van der Waals surface area contributed by atoms with Crippen LogP contribution in [0.1, 0.15) is 22.3 Å². The lowest BCUT2D eigenvalue weighted by molar-refractivity contribution is -0.385. The van der Waals surface area contributed by atoms with Crippen LogP contribution in [-0.2, 0) is 6.54 Å². The Morgan fingerprint density at radius 2 is 1.27 bits per heavy atom. The molecule has 10 nitrogen and oxygen atoms in total. The van der Waals surface area contributed by atoms with Crippen LogP contribution in [0.15, 0.2) is 112 Å². The standard InChI is InChI=1S/C30H24N6O4/c37-35(38)28-5-1-3-23(17-28)19-32-26-11-7-22(8-12-26)21-34-16-15-31-30(34)25-9-13-27(14-10-25)33-20-24-4-2-6-29(18-24)36(39)40/h1-14,17-20H,15-16,21H2. The van der Waals surface area contributed by atoms with Crippen molar-refractivity contribution >= 4 is 41.0 Å². The van der Waals surface area contributed by atoms with Crippen LogP contribution in [0.3, 0.4) is 0 Å². The van der Waals surface area contributed by atoms with Crippen LogP contribution in [0, 0.1) is 20.2 Å². The molecule has 1 heterocycles. The lowest BCUT2D eigenvalue weighted by Crippen LogP contribution is -2.27. The third-order valence-corrected chi connectivity index (χ3v) is 6.25. The summed E-state index contributed by atoms with van der Waals surface area (Å²) >= 11 is 0. The number of rotatable bonds is 9. The first-order chi connectivity index (χ1) is 19.4. The molecule has 0 spiro atoms. The number of nitrogens with zero attached hydrogens (tertiary/aromatic N) is 6. The molecule has 0 saturated carbocycles. The van der Waals surface area contributed by atoms with Crippen molar-refractivity contribution in [1.29, 1.82) is 0 Å². The maximum atomic E-state index is 11.0. The number of non-ortho nitro benzene ring substituents is 2. The van der Waals surface area contributed by atoms with Crippen molar-refractivity contribution in [3.05, 3.63) is 140 Å². The maximum absolute atomic E-state index is 11.0. The van der Waals surface area contributed by atoms with Crippen LogP contribution in [0.5, 0.6) is 0 Å². The minimum absolute atomic E-state index is 0.0291. The van der Waals surface area contributed by atoms with Gasteiger partial charge < -0.3 is 4.90 Å². The van der Waals surface area contributed by atoms with Crippen LogP contribution in [0.2, 0.25) is 0 Å². The molecule has 0 radical (unpaired) electrons. The highest BCUT2D eigenvalue weighted by molar-refractivity contribution is 6.00. The molecule has 5 rings (SSSR count). The summed E-state index contributed by atoms with van der Waals surface area (Å²) in [6, 6.07) is 28.3. The van der Waals surface area contributed by atoms with Crippen LogP contribution in [-0.4, -0.2) is 46.1 Å². The van der Waals surface area contributed by atoms with Crippen LogP contribution >= 0.6 is 0 Å². The maximum Gasteiger partial charge on any atom is 0.270 e. The van der Waals surface area contributed by atoms with Crippen molar-refractivity contribution in [3.8, 4) is 0 Å². The molecule has 1 aliphatic heterocycles. The fourth-order valence-corrected chi connectivity index (χ4v) is 4.25. The van der Waals surface area contributed by atoms with Crippen molar-refractivity contribution in [2.45, 2.75) is 6.54 Å². The van der Waals surface area contributed by atoms with E-state index < -0.39 is 9.85 Å². The monoisotopic (exact) mass is 532 g/mol. The highest BCUT2D eigenvalue weighted by Gasteiger charge is 2.18. The number of amidine groups is 1. The SMILES string of the molecule is O=[N+]([O-])c1cccc(C=Nc2ccc(CN3CCN=C3c3ccc(N=Cc4cccc([N+](=O)[O-])c4)cc3)cc2)c1. The molecule has 4 aromatic carbocycles. The van der Waals surface area contributed by atoms with E-state index in [1.165, 1.54) is 24.3 Å². The fraction of sp³-hybridized carbons (Fsp3) is 0.100. The number of hydrogen-bond donors (Lipinski definition) is 0. The Morgan fingerprint density at radius 3 is 1.80 bits per heavy atom. The van der Waals surface area contributed by atoms with Gasteiger partial charge >= 0.3 is 0 Å². The predicted molar refractivity (Wildman–Crippen MR) is 155 cm³/mol. The number of hydrogen-bond acceptors (Lipinski definition) is 8. The minimum atomic E-state index is -0.425. The molecule has 40 heavy (non-hydrogen) atoms. The quantitative estimate of drug-likeness (QED) is 0.143. The molecular weight excluding hydrogens is 508 g/mol. The van der Waals surface area contributed by atoms with Gasteiger partial charge in [-0.15, -0.1) is 0 Å². The highest BCUT2D eigenvalue weighted by atomic mass is 16.6. The topological polar surface area (TPSA) is 127 Å². The zero-order chi connectivity index (χ0) is 27.9. The largest absolute Gasteiger partial charge is 0.350 e. The third kappa shape index (κ3) is 6.48.